The van der Waals surface area contributed by atoms with Gasteiger partial charge in [0.25, 0.3) is 0 Å². The van der Waals surface area contributed by atoms with Crippen LogP contribution in [0.1, 0.15) is 47.0 Å². The molecule has 2 N–H and O–H groups in total. The Morgan fingerprint density at radius 2 is 2.06 bits per heavy atom. The van der Waals surface area contributed by atoms with Crippen LogP contribution >= 0.6 is 12.4 Å². The van der Waals surface area contributed by atoms with Crippen molar-refractivity contribution in [2.24, 2.45) is 17.1 Å². The van der Waals surface area contributed by atoms with Crippen LogP contribution in [0.3, 0.4) is 0 Å². The lowest BCUT2D eigenvalue weighted by Gasteiger charge is -2.36. The summed E-state index contributed by atoms with van der Waals surface area (Å²) >= 11 is 0. The molecule has 0 spiro atoms. The number of carbonyl (C=O) groups is 1. The summed E-state index contributed by atoms with van der Waals surface area (Å²) in [7, 11) is 0. The number of rotatable bonds is 2. The minimum absolute atomic E-state index is 0. The van der Waals surface area contributed by atoms with E-state index in [4.69, 9.17) is 5.73 Å². The second-order valence-corrected chi connectivity index (χ2v) is 6.34. The fourth-order valence-corrected chi connectivity index (χ4v) is 2.23. The first-order valence-electron chi connectivity index (χ1n) is 6.33. The first-order valence-corrected chi connectivity index (χ1v) is 6.33. The highest BCUT2D eigenvalue weighted by Crippen LogP contribution is 2.24. The quantitative estimate of drug-likeness (QED) is 0.831. The third-order valence-corrected chi connectivity index (χ3v) is 3.24. The van der Waals surface area contributed by atoms with Gasteiger partial charge in [0.05, 0.1) is 0 Å². The lowest BCUT2D eigenvalue weighted by Crippen LogP contribution is -2.45. The van der Waals surface area contributed by atoms with Crippen LogP contribution in [0.15, 0.2) is 0 Å². The van der Waals surface area contributed by atoms with Crippen molar-refractivity contribution in [2.45, 2.75) is 53.0 Å². The molecule has 3 nitrogen and oxygen atoms in total. The van der Waals surface area contributed by atoms with Gasteiger partial charge in [0.15, 0.2) is 0 Å². The maximum atomic E-state index is 12.1. The summed E-state index contributed by atoms with van der Waals surface area (Å²) in [5, 5.41) is 0. The average molecular weight is 263 g/mol. The van der Waals surface area contributed by atoms with Crippen LogP contribution in [0.4, 0.5) is 0 Å². The molecule has 0 bridgehead atoms. The van der Waals surface area contributed by atoms with Crippen molar-refractivity contribution >= 4 is 18.3 Å². The molecule has 1 aliphatic rings. The zero-order valence-electron chi connectivity index (χ0n) is 11.5. The van der Waals surface area contributed by atoms with E-state index in [0.29, 0.717) is 12.3 Å². The fraction of sp³-hybridized carbons (Fsp3) is 0.923. The molecule has 1 amide bonds. The largest absolute Gasteiger partial charge is 0.342 e. The van der Waals surface area contributed by atoms with Crippen LogP contribution in [0, 0.1) is 11.3 Å². The molecular weight excluding hydrogens is 236 g/mol. The van der Waals surface area contributed by atoms with Gasteiger partial charge in [-0.05, 0) is 31.1 Å². The van der Waals surface area contributed by atoms with Crippen molar-refractivity contribution in [3.05, 3.63) is 0 Å². The number of nitrogens with two attached hydrogens (primary N) is 1. The fourth-order valence-electron chi connectivity index (χ4n) is 2.23. The summed E-state index contributed by atoms with van der Waals surface area (Å²) in [6.45, 7) is 10.1. The van der Waals surface area contributed by atoms with E-state index in [2.05, 4.69) is 20.8 Å². The van der Waals surface area contributed by atoms with Crippen LogP contribution < -0.4 is 5.73 Å². The van der Waals surface area contributed by atoms with E-state index in [9.17, 15) is 4.79 Å². The Morgan fingerprint density at radius 1 is 1.47 bits per heavy atom. The molecule has 0 aromatic rings. The summed E-state index contributed by atoms with van der Waals surface area (Å²) in [5.41, 5.74) is 6.00. The Kier molecular flexibility index (Phi) is 6.49. The predicted octanol–water partition coefficient (Wildman–Crippen LogP) is 2.43. The molecule has 17 heavy (non-hydrogen) atoms. The summed E-state index contributed by atoms with van der Waals surface area (Å²) < 4.78 is 0. The molecule has 102 valence electrons. The van der Waals surface area contributed by atoms with Gasteiger partial charge < -0.3 is 10.6 Å². The molecule has 0 aliphatic carbocycles. The Balaban J connectivity index is 0.00000256. The molecule has 2 atom stereocenters. The first kappa shape index (κ1) is 16.7. The van der Waals surface area contributed by atoms with Gasteiger partial charge in [0.1, 0.15) is 0 Å². The Labute approximate surface area is 112 Å². The highest BCUT2D eigenvalue weighted by atomic mass is 35.5. The van der Waals surface area contributed by atoms with E-state index in [1.165, 1.54) is 0 Å². The van der Waals surface area contributed by atoms with E-state index in [0.717, 1.165) is 25.9 Å². The van der Waals surface area contributed by atoms with Gasteiger partial charge in [-0.3, -0.25) is 4.79 Å². The molecule has 0 aromatic heterocycles. The van der Waals surface area contributed by atoms with Crippen molar-refractivity contribution in [1.29, 1.82) is 0 Å². The van der Waals surface area contributed by atoms with E-state index in [1.807, 2.05) is 11.8 Å². The summed E-state index contributed by atoms with van der Waals surface area (Å²) in [6, 6.07) is 0.199. The molecular formula is C13H27ClN2O. The number of nitrogens with zero attached hydrogens (tertiary/aromatic N) is 1. The molecule has 1 heterocycles. The lowest BCUT2D eigenvalue weighted by molar-refractivity contribution is -0.135. The van der Waals surface area contributed by atoms with Crippen LogP contribution in [0.25, 0.3) is 0 Å². The molecule has 1 saturated heterocycles. The summed E-state index contributed by atoms with van der Waals surface area (Å²) in [5.74, 6) is 0.774. The highest BCUT2D eigenvalue weighted by Gasteiger charge is 2.27. The van der Waals surface area contributed by atoms with Crippen LogP contribution in [-0.2, 0) is 4.79 Å². The number of piperidine rings is 1. The minimum Gasteiger partial charge on any atom is -0.342 e. The first-order chi connectivity index (χ1) is 7.29. The van der Waals surface area contributed by atoms with Crippen LogP contribution in [0.2, 0.25) is 0 Å². The third kappa shape index (κ3) is 5.73. The Hall–Kier alpha value is -0.280. The SMILES string of the molecule is CC(N)C1CCCN(C(=O)CC(C)(C)C)C1.Cl. The Morgan fingerprint density at radius 3 is 2.53 bits per heavy atom. The van der Waals surface area contributed by atoms with Gasteiger partial charge in [0.2, 0.25) is 5.91 Å². The summed E-state index contributed by atoms with van der Waals surface area (Å²) in [4.78, 5) is 14.1. The molecule has 1 fully saturated rings. The maximum Gasteiger partial charge on any atom is 0.223 e. The zero-order valence-corrected chi connectivity index (χ0v) is 12.3. The molecule has 1 aliphatic heterocycles. The van der Waals surface area contributed by atoms with Gasteiger partial charge in [-0.1, -0.05) is 20.8 Å². The van der Waals surface area contributed by atoms with Gasteiger partial charge in [-0.2, -0.15) is 0 Å². The van der Waals surface area contributed by atoms with E-state index < -0.39 is 0 Å². The number of carbonyl (C=O) groups excluding carboxylic acids is 1. The van der Waals surface area contributed by atoms with Crippen molar-refractivity contribution in [2.75, 3.05) is 13.1 Å². The van der Waals surface area contributed by atoms with Gasteiger partial charge in [-0.15, -0.1) is 12.4 Å². The topological polar surface area (TPSA) is 46.3 Å². The average Bonchev–Trinajstić information content (AvgIpc) is 2.15. The molecule has 4 heteroatoms. The van der Waals surface area contributed by atoms with Gasteiger partial charge in [-0.25, -0.2) is 0 Å². The van der Waals surface area contributed by atoms with Crippen molar-refractivity contribution < 1.29 is 4.79 Å². The van der Waals surface area contributed by atoms with E-state index in [1.54, 1.807) is 0 Å². The summed E-state index contributed by atoms with van der Waals surface area (Å²) in [6.07, 6.45) is 2.90. The second kappa shape index (κ2) is 6.60. The molecule has 0 saturated carbocycles. The predicted molar refractivity (Wildman–Crippen MR) is 74.3 cm³/mol. The smallest absolute Gasteiger partial charge is 0.223 e. The standard InChI is InChI=1S/C13H26N2O.ClH/c1-10(14)11-6-5-7-15(9-11)12(16)8-13(2,3)4;/h10-11H,5-9,14H2,1-4H3;1H. The van der Waals surface area contributed by atoms with Gasteiger partial charge >= 0.3 is 0 Å². The zero-order chi connectivity index (χ0) is 12.3. The lowest BCUT2D eigenvalue weighted by atomic mass is 9.89. The Bertz CT molecular complexity index is 248. The van der Waals surface area contributed by atoms with E-state index in [-0.39, 0.29) is 29.8 Å². The van der Waals surface area contributed by atoms with Crippen LogP contribution in [-0.4, -0.2) is 29.9 Å². The number of amides is 1. The minimum atomic E-state index is 0. The van der Waals surface area contributed by atoms with Crippen molar-refractivity contribution in [3.63, 3.8) is 0 Å². The van der Waals surface area contributed by atoms with Crippen LogP contribution in [0.5, 0.6) is 0 Å². The third-order valence-electron chi connectivity index (χ3n) is 3.24. The molecule has 1 rings (SSSR count). The number of hydrogen-bond donors (Lipinski definition) is 1. The second-order valence-electron chi connectivity index (χ2n) is 6.34. The highest BCUT2D eigenvalue weighted by molar-refractivity contribution is 5.85. The molecule has 0 radical (unpaired) electrons. The van der Waals surface area contributed by atoms with Crippen molar-refractivity contribution in [3.8, 4) is 0 Å². The maximum absolute atomic E-state index is 12.1. The number of likely N-dealkylation sites (tertiary alicyclic amines) is 1. The van der Waals surface area contributed by atoms with E-state index >= 15 is 0 Å². The normalized spacial score (nSPS) is 22.9. The van der Waals surface area contributed by atoms with Crippen molar-refractivity contribution in [1.82, 2.24) is 4.90 Å². The van der Waals surface area contributed by atoms with Gasteiger partial charge in [0, 0.05) is 25.6 Å². The monoisotopic (exact) mass is 262 g/mol. The molecule has 2 unspecified atom stereocenters. The number of hydrogen-bond acceptors (Lipinski definition) is 2. The molecule has 0 aromatic carbocycles. The number of halogens is 1.